The average Bonchev–Trinajstić information content (AvgIpc) is 3.32. The predicted octanol–water partition coefficient (Wildman–Crippen LogP) is 5.39. The molecule has 0 bridgehead atoms. The summed E-state index contributed by atoms with van der Waals surface area (Å²) in [6.07, 6.45) is 1.65. The van der Waals surface area contributed by atoms with Crippen LogP contribution in [0, 0.1) is 12.7 Å². The zero-order chi connectivity index (χ0) is 28.9. The second-order valence-corrected chi connectivity index (χ2v) is 10.4. The molecule has 4 N–H and O–H groups in total. The first kappa shape index (κ1) is 28.0. The molecule has 0 unspecified atom stereocenters. The number of nitrogens with one attached hydrogen (secondary N) is 2. The largest absolute Gasteiger partial charge is 0.340 e. The SMILES string of the molecule is CCCC(=O)Nc1ccc(C[C@H](N)C(=O)N2CCn3c(nc(-c4ccc(F)cc4)c3Nc3ccc(C)cc3)C2)cc1. The lowest BCUT2D eigenvalue weighted by Crippen LogP contribution is -2.47. The molecule has 1 aromatic heterocycles. The molecule has 2 amide bonds. The number of nitrogens with zero attached hydrogens (tertiary/aromatic N) is 3. The summed E-state index contributed by atoms with van der Waals surface area (Å²) in [5.41, 5.74) is 11.6. The number of imidazole rings is 1. The van der Waals surface area contributed by atoms with E-state index in [0.717, 1.165) is 46.1 Å². The molecule has 4 aromatic rings. The van der Waals surface area contributed by atoms with Gasteiger partial charge >= 0.3 is 0 Å². The van der Waals surface area contributed by atoms with Crippen LogP contribution in [-0.2, 0) is 29.1 Å². The predicted molar refractivity (Wildman–Crippen MR) is 159 cm³/mol. The van der Waals surface area contributed by atoms with Gasteiger partial charge in [-0.3, -0.25) is 9.59 Å². The van der Waals surface area contributed by atoms with Gasteiger partial charge in [0.1, 0.15) is 23.2 Å². The first-order valence-electron chi connectivity index (χ1n) is 13.9. The Morgan fingerprint density at radius 2 is 1.66 bits per heavy atom. The minimum absolute atomic E-state index is 0.0182. The van der Waals surface area contributed by atoms with Crippen molar-refractivity contribution in [1.29, 1.82) is 0 Å². The van der Waals surface area contributed by atoms with Crippen LogP contribution in [0.4, 0.5) is 21.6 Å². The number of amides is 2. The normalized spacial score (nSPS) is 13.4. The fraction of sp³-hybridized carbons (Fsp3) is 0.281. The van der Waals surface area contributed by atoms with Crippen molar-refractivity contribution in [2.24, 2.45) is 5.73 Å². The van der Waals surface area contributed by atoms with E-state index >= 15 is 0 Å². The zero-order valence-corrected chi connectivity index (χ0v) is 23.4. The Bertz CT molecular complexity index is 1510. The van der Waals surface area contributed by atoms with Gasteiger partial charge in [-0.25, -0.2) is 9.37 Å². The molecule has 2 heterocycles. The highest BCUT2D eigenvalue weighted by Gasteiger charge is 2.29. The standard InChI is InChI=1S/C32H35FN6O2/c1-3-4-29(40)35-25-15-7-22(8-16-25)19-27(34)32(41)38-17-18-39-28(20-38)37-30(23-9-11-24(33)12-10-23)31(39)36-26-13-5-21(2)6-14-26/h5-16,27,36H,3-4,17-20,34H2,1-2H3,(H,35,40)/t27-/m0/s1. The van der Waals surface area contributed by atoms with Crippen molar-refractivity contribution in [3.63, 3.8) is 0 Å². The van der Waals surface area contributed by atoms with E-state index in [4.69, 9.17) is 10.7 Å². The molecule has 0 saturated heterocycles. The van der Waals surface area contributed by atoms with Crippen molar-refractivity contribution in [2.75, 3.05) is 17.2 Å². The highest BCUT2D eigenvalue weighted by Crippen LogP contribution is 2.33. The van der Waals surface area contributed by atoms with E-state index in [1.165, 1.54) is 12.1 Å². The number of anilines is 3. The summed E-state index contributed by atoms with van der Waals surface area (Å²) < 4.78 is 15.8. The van der Waals surface area contributed by atoms with Crippen molar-refractivity contribution in [3.8, 4) is 11.3 Å². The molecule has 0 aliphatic carbocycles. The molecular formula is C32H35FN6O2. The van der Waals surface area contributed by atoms with E-state index in [1.54, 1.807) is 17.0 Å². The summed E-state index contributed by atoms with van der Waals surface area (Å²) in [5.74, 6) is 1.06. The maximum atomic E-state index is 13.7. The molecule has 3 aromatic carbocycles. The van der Waals surface area contributed by atoms with Crippen LogP contribution in [0.3, 0.4) is 0 Å². The Hall–Kier alpha value is -4.50. The second kappa shape index (κ2) is 12.3. The van der Waals surface area contributed by atoms with E-state index in [0.29, 0.717) is 38.2 Å². The summed E-state index contributed by atoms with van der Waals surface area (Å²) >= 11 is 0. The van der Waals surface area contributed by atoms with Gasteiger partial charge in [0.25, 0.3) is 0 Å². The topological polar surface area (TPSA) is 105 Å². The fourth-order valence-corrected chi connectivity index (χ4v) is 4.98. The van der Waals surface area contributed by atoms with Gasteiger partial charge in [0, 0.05) is 36.4 Å². The zero-order valence-electron chi connectivity index (χ0n) is 23.4. The van der Waals surface area contributed by atoms with Gasteiger partial charge in [0.2, 0.25) is 11.8 Å². The van der Waals surface area contributed by atoms with Gasteiger partial charge in [0.05, 0.1) is 12.6 Å². The number of aromatic nitrogens is 2. The summed E-state index contributed by atoms with van der Waals surface area (Å²) in [6.45, 7) is 5.35. The van der Waals surface area contributed by atoms with E-state index in [1.807, 2.05) is 62.4 Å². The molecule has 1 aliphatic rings. The smallest absolute Gasteiger partial charge is 0.240 e. The number of halogens is 1. The number of fused-ring (bicyclic) bond motifs is 1. The number of hydrogen-bond donors (Lipinski definition) is 3. The quantitative estimate of drug-likeness (QED) is 0.257. The van der Waals surface area contributed by atoms with E-state index in [9.17, 15) is 14.0 Å². The number of carbonyl (C=O) groups excluding carboxylic acids is 2. The Morgan fingerprint density at radius 1 is 0.976 bits per heavy atom. The molecule has 41 heavy (non-hydrogen) atoms. The molecule has 0 spiro atoms. The van der Waals surface area contributed by atoms with Crippen LogP contribution in [-0.4, -0.2) is 38.9 Å². The number of aryl methyl sites for hydroxylation is 1. The third kappa shape index (κ3) is 6.63. The van der Waals surface area contributed by atoms with Gasteiger partial charge in [0.15, 0.2) is 0 Å². The van der Waals surface area contributed by atoms with Crippen LogP contribution in [0.1, 0.15) is 36.7 Å². The number of carbonyl (C=O) groups is 2. The fourth-order valence-electron chi connectivity index (χ4n) is 4.98. The van der Waals surface area contributed by atoms with Crippen molar-refractivity contribution < 1.29 is 14.0 Å². The minimum Gasteiger partial charge on any atom is -0.340 e. The van der Waals surface area contributed by atoms with Crippen LogP contribution in [0.5, 0.6) is 0 Å². The lowest BCUT2D eigenvalue weighted by Gasteiger charge is -2.30. The summed E-state index contributed by atoms with van der Waals surface area (Å²) in [4.78, 5) is 31.9. The maximum absolute atomic E-state index is 13.7. The van der Waals surface area contributed by atoms with Crippen molar-refractivity contribution >= 4 is 29.0 Å². The van der Waals surface area contributed by atoms with Gasteiger partial charge in [-0.2, -0.15) is 0 Å². The number of nitrogens with two attached hydrogens (primary N) is 1. The molecule has 0 saturated carbocycles. The Kier molecular flexibility index (Phi) is 8.45. The van der Waals surface area contributed by atoms with E-state index in [2.05, 4.69) is 15.2 Å². The molecule has 5 rings (SSSR count). The molecule has 212 valence electrons. The third-order valence-corrected chi connectivity index (χ3v) is 7.20. The van der Waals surface area contributed by atoms with Crippen molar-refractivity contribution in [3.05, 3.63) is 95.6 Å². The van der Waals surface area contributed by atoms with Crippen LogP contribution >= 0.6 is 0 Å². The molecule has 1 aliphatic heterocycles. The maximum Gasteiger partial charge on any atom is 0.240 e. The number of rotatable bonds is 9. The first-order valence-corrected chi connectivity index (χ1v) is 13.9. The van der Waals surface area contributed by atoms with Crippen molar-refractivity contribution in [1.82, 2.24) is 14.5 Å². The second-order valence-electron chi connectivity index (χ2n) is 10.4. The minimum atomic E-state index is -0.709. The van der Waals surface area contributed by atoms with Crippen LogP contribution < -0.4 is 16.4 Å². The van der Waals surface area contributed by atoms with Crippen LogP contribution in [0.25, 0.3) is 11.3 Å². The molecule has 9 heteroatoms. The summed E-state index contributed by atoms with van der Waals surface area (Å²) in [6, 6.07) is 21.1. The third-order valence-electron chi connectivity index (χ3n) is 7.20. The highest BCUT2D eigenvalue weighted by molar-refractivity contribution is 5.90. The lowest BCUT2D eigenvalue weighted by atomic mass is 10.0. The van der Waals surface area contributed by atoms with Gasteiger partial charge < -0.3 is 25.8 Å². The Labute approximate surface area is 239 Å². The van der Waals surface area contributed by atoms with Crippen LogP contribution in [0.15, 0.2) is 72.8 Å². The molecule has 0 radical (unpaired) electrons. The Morgan fingerprint density at radius 3 is 2.34 bits per heavy atom. The van der Waals surface area contributed by atoms with Crippen molar-refractivity contribution in [2.45, 2.75) is 52.2 Å². The van der Waals surface area contributed by atoms with Crippen LogP contribution in [0.2, 0.25) is 0 Å². The van der Waals surface area contributed by atoms with Gasteiger partial charge in [-0.1, -0.05) is 36.8 Å². The molecule has 0 fully saturated rings. The molecule has 1 atom stereocenters. The highest BCUT2D eigenvalue weighted by atomic mass is 19.1. The van der Waals surface area contributed by atoms with Gasteiger partial charge in [-0.05, 0) is 73.9 Å². The number of hydrogen-bond acceptors (Lipinski definition) is 5. The molecular weight excluding hydrogens is 519 g/mol. The Balaban J connectivity index is 1.31. The summed E-state index contributed by atoms with van der Waals surface area (Å²) in [7, 11) is 0. The summed E-state index contributed by atoms with van der Waals surface area (Å²) in [5, 5.41) is 6.36. The molecule has 8 nitrogen and oxygen atoms in total. The number of benzene rings is 3. The van der Waals surface area contributed by atoms with E-state index in [-0.39, 0.29) is 17.6 Å². The van der Waals surface area contributed by atoms with Gasteiger partial charge in [-0.15, -0.1) is 0 Å². The average molecular weight is 555 g/mol. The lowest BCUT2D eigenvalue weighted by molar-refractivity contribution is -0.134. The monoisotopic (exact) mass is 554 g/mol. The first-order chi connectivity index (χ1) is 19.8. The van der Waals surface area contributed by atoms with E-state index < -0.39 is 6.04 Å².